The third-order valence-corrected chi connectivity index (χ3v) is 2.51. The SMILES string of the molecule is CCCOCCOc1cc(CCl)c(Cl)cn1. The first-order chi connectivity index (χ1) is 7.77. The van der Waals surface area contributed by atoms with Gasteiger partial charge in [0.2, 0.25) is 5.88 Å². The van der Waals surface area contributed by atoms with E-state index < -0.39 is 0 Å². The lowest BCUT2D eigenvalue weighted by Gasteiger charge is -2.07. The Morgan fingerprint density at radius 3 is 2.81 bits per heavy atom. The van der Waals surface area contributed by atoms with Crippen molar-refractivity contribution in [2.75, 3.05) is 19.8 Å². The molecule has 0 aliphatic heterocycles. The highest BCUT2D eigenvalue weighted by atomic mass is 35.5. The summed E-state index contributed by atoms with van der Waals surface area (Å²) in [6.07, 6.45) is 2.55. The number of hydrogen-bond donors (Lipinski definition) is 0. The molecule has 0 N–H and O–H groups in total. The first kappa shape index (κ1) is 13.6. The molecule has 1 aromatic heterocycles. The van der Waals surface area contributed by atoms with Crippen molar-refractivity contribution in [3.63, 3.8) is 0 Å². The minimum Gasteiger partial charge on any atom is -0.475 e. The van der Waals surface area contributed by atoms with Gasteiger partial charge in [0, 0.05) is 24.8 Å². The van der Waals surface area contributed by atoms with Crippen LogP contribution in [-0.4, -0.2) is 24.8 Å². The molecule has 1 heterocycles. The number of pyridine rings is 1. The zero-order valence-corrected chi connectivity index (χ0v) is 10.7. The second-order valence-corrected chi connectivity index (χ2v) is 3.88. The Morgan fingerprint density at radius 1 is 1.31 bits per heavy atom. The largest absolute Gasteiger partial charge is 0.475 e. The molecule has 0 fully saturated rings. The van der Waals surface area contributed by atoms with Gasteiger partial charge in [-0.15, -0.1) is 11.6 Å². The third-order valence-electron chi connectivity index (χ3n) is 1.88. The number of halogens is 2. The van der Waals surface area contributed by atoms with Crippen LogP contribution in [0.1, 0.15) is 18.9 Å². The summed E-state index contributed by atoms with van der Waals surface area (Å²) in [4.78, 5) is 4.04. The molecule has 0 aliphatic rings. The smallest absolute Gasteiger partial charge is 0.213 e. The van der Waals surface area contributed by atoms with Crippen molar-refractivity contribution in [1.82, 2.24) is 4.98 Å². The van der Waals surface area contributed by atoms with Crippen molar-refractivity contribution in [3.8, 4) is 5.88 Å². The zero-order valence-electron chi connectivity index (χ0n) is 9.21. The van der Waals surface area contributed by atoms with E-state index in [0.717, 1.165) is 18.6 Å². The van der Waals surface area contributed by atoms with E-state index in [2.05, 4.69) is 11.9 Å². The molecule has 3 nitrogen and oxygen atoms in total. The Hall–Kier alpha value is -0.510. The monoisotopic (exact) mass is 263 g/mol. The fourth-order valence-electron chi connectivity index (χ4n) is 1.09. The maximum Gasteiger partial charge on any atom is 0.213 e. The molecular formula is C11H15Cl2NO2. The molecule has 16 heavy (non-hydrogen) atoms. The van der Waals surface area contributed by atoms with Gasteiger partial charge in [-0.1, -0.05) is 18.5 Å². The Labute approximate surface area is 106 Å². The predicted molar refractivity (Wildman–Crippen MR) is 65.4 cm³/mol. The standard InChI is InChI=1S/C11H15Cl2NO2/c1-2-3-15-4-5-16-11-6-9(7-12)10(13)8-14-11/h6,8H,2-5,7H2,1H3. The van der Waals surface area contributed by atoms with Crippen LogP contribution in [0, 0.1) is 0 Å². The zero-order chi connectivity index (χ0) is 11.8. The first-order valence-electron chi connectivity index (χ1n) is 5.18. The number of aromatic nitrogens is 1. The van der Waals surface area contributed by atoms with Crippen LogP contribution in [0.25, 0.3) is 0 Å². The number of nitrogens with zero attached hydrogens (tertiary/aromatic N) is 1. The van der Waals surface area contributed by atoms with Crippen molar-refractivity contribution < 1.29 is 9.47 Å². The summed E-state index contributed by atoms with van der Waals surface area (Å²) in [6, 6.07) is 1.75. The number of alkyl halides is 1. The number of hydrogen-bond acceptors (Lipinski definition) is 3. The molecular weight excluding hydrogens is 249 g/mol. The fourth-order valence-corrected chi connectivity index (χ4v) is 1.55. The molecule has 0 radical (unpaired) electrons. The van der Waals surface area contributed by atoms with Gasteiger partial charge in [0.15, 0.2) is 0 Å². The molecule has 1 rings (SSSR count). The van der Waals surface area contributed by atoms with Crippen molar-refractivity contribution >= 4 is 23.2 Å². The lowest BCUT2D eigenvalue weighted by molar-refractivity contribution is 0.0990. The molecule has 0 unspecified atom stereocenters. The van der Waals surface area contributed by atoms with Crippen LogP contribution in [-0.2, 0) is 10.6 Å². The lowest BCUT2D eigenvalue weighted by Crippen LogP contribution is -2.08. The van der Waals surface area contributed by atoms with Gasteiger partial charge in [-0.2, -0.15) is 0 Å². The average Bonchev–Trinajstić information content (AvgIpc) is 2.31. The molecule has 0 aromatic carbocycles. The number of rotatable bonds is 7. The van der Waals surface area contributed by atoms with Gasteiger partial charge < -0.3 is 9.47 Å². The van der Waals surface area contributed by atoms with Gasteiger partial charge in [-0.3, -0.25) is 0 Å². The molecule has 0 spiro atoms. The quantitative estimate of drug-likeness (QED) is 0.559. The molecule has 0 aliphatic carbocycles. The Bertz CT molecular complexity index is 321. The summed E-state index contributed by atoms with van der Waals surface area (Å²) >= 11 is 11.6. The van der Waals surface area contributed by atoms with Gasteiger partial charge in [-0.05, 0) is 12.0 Å². The van der Waals surface area contributed by atoms with Crippen molar-refractivity contribution in [2.45, 2.75) is 19.2 Å². The normalized spacial score (nSPS) is 10.4. The van der Waals surface area contributed by atoms with E-state index >= 15 is 0 Å². The van der Waals surface area contributed by atoms with Gasteiger partial charge in [0.05, 0.1) is 11.6 Å². The molecule has 0 atom stereocenters. The highest BCUT2D eigenvalue weighted by molar-refractivity contribution is 6.32. The summed E-state index contributed by atoms with van der Waals surface area (Å²) in [6.45, 7) is 3.86. The first-order valence-corrected chi connectivity index (χ1v) is 6.10. The van der Waals surface area contributed by atoms with Crippen molar-refractivity contribution in [1.29, 1.82) is 0 Å². The topological polar surface area (TPSA) is 31.4 Å². The van der Waals surface area contributed by atoms with Crippen LogP contribution in [0.4, 0.5) is 0 Å². The highest BCUT2D eigenvalue weighted by Crippen LogP contribution is 2.20. The van der Waals surface area contributed by atoms with Gasteiger partial charge in [0.25, 0.3) is 0 Å². The Morgan fingerprint density at radius 2 is 2.12 bits per heavy atom. The lowest BCUT2D eigenvalue weighted by atomic mass is 10.3. The van der Waals surface area contributed by atoms with Crippen LogP contribution in [0.5, 0.6) is 5.88 Å². The van der Waals surface area contributed by atoms with E-state index in [1.54, 1.807) is 12.3 Å². The van der Waals surface area contributed by atoms with Gasteiger partial charge >= 0.3 is 0 Å². The van der Waals surface area contributed by atoms with Crippen LogP contribution >= 0.6 is 23.2 Å². The molecule has 0 bridgehead atoms. The molecule has 0 saturated heterocycles. The summed E-state index contributed by atoms with van der Waals surface area (Å²) in [5.41, 5.74) is 0.822. The van der Waals surface area contributed by atoms with Crippen LogP contribution in [0.3, 0.4) is 0 Å². The maximum absolute atomic E-state index is 5.87. The summed E-state index contributed by atoms with van der Waals surface area (Å²) in [5.74, 6) is 0.879. The molecule has 1 aromatic rings. The van der Waals surface area contributed by atoms with E-state index in [4.69, 9.17) is 32.7 Å². The summed E-state index contributed by atoms with van der Waals surface area (Å²) < 4.78 is 10.7. The van der Waals surface area contributed by atoms with E-state index in [9.17, 15) is 0 Å². The Balaban J connectivity index is 2.36. The predicted octanol–water partition coefficient (Wildman–Crippen LogP) is 3.28. The highest BCUT2D eigenvalue weighted by Gasteiger charge is 2.03. The van der Waals surface area contributed by atoms with E-state index in [-0.39, 0.29) is 0 Å². The molecule has 5 heteroatoms. The minimum absolute atomic E-state index is 0.351. The summed E-state index contributed by atoms with van der Waals surface area (Å²) in [7, 11) is 0. The molecule has 0 amide bonds. The van der Waals surface area contributed by atoms with Crippen LogP contribution < -0.4 is 4.74 Å². The Kier molecular flexibility index (Phi) is 6.53. The molecule has 0 saturated carbocycles. The number of ether oxygens (including phenoxy) is 2. The second kappa shape index (κ2) is 7.71. The van der Waals surface area contributed by atoms with E-state index in [1.807, 2.05) is 0 Å². The minimum atomic E-state index is 0.351. The van der Waals surface area contributed by atoms with E-state index in [0.29, 0.717) is 30.0 Å². The summed E-state index contributed by atoms with van der Waals surface area (Å²) in [5, 5.41) is 0.560. The van der Waals surface area contributed by atoms with Crippen LogP contribution in [0.15, 0.2) is 12.3 Å². The van der Waals surface area contributed by atoms with Crippen molar-refractivity contribution in [3.05, 3.63) is 22.8 Å². The van der Waals surface area contributed by atoms with Gasteiger partial charge in [0.1, 0.15) is 6.61 Å². The van der Waals surface area contributed by atoms with Crippen LogP contribution in [0.2, 0.25) is 5.02 Å². The third kappa shape index (κ3) is 4.56. The maximum atomic E-state index is 5.87. The van der Waals surface area contributed by atoms with Crippen molar-refractivity contribution in [2.24, 2.45) is 0 Å². The second-order valence-electron chi connectivity index (χ2n) is 3.21. The fraction of sp³-hybridized carbons (Fsp3) is 0.545. The average molecular weight is 264 g/mol. The molecule has 90 valence electrons. The van der Waals surface area contributed by atoms with Gasteiger partial charge in [-0.25, -0.2) is 4.98 Å². The van der Waals surface area contributed by atoms with E-state index in [1.165, 1.54) is 0 Å².